The van der Waals surface area contributed by atoms with E-state index in [0.29, 0.717) is 35.6 Å². The number of ether oxygens (including phenoxy) is 1. The molecule has 0 unspecified atom stereocenters. The summed E-state index contributed by atoms with van der Waals surface area (Å²) in [6.45, 7) is 8.68. The maximum atomic E-state index is 13.4. The van der Waals surface area contributed by atoms with E-state index in [-0.39, 0.29) is 35.2 Å². The normalized spacial score (nSPS) is 15.0. The van der Waals surface area contributed by atoms with Crippen molar-refractivity contribution in [2.75, 3.05) is 31.6 Å². The SMILES string of the molecule is C=C(NC(=O)C(=C)n1cnc2c(-c3ccc4c(c3)N(C)C(=O)CO4)cccc2c1=O)C(=O)N1CCCCC1. The van der Waals surface area contributed by atoms with Crippen LogP contribution < -0.4 is 20.5 Å². The summed E-state index contributed by atoms with van der Waals surface area (Å²) in [6.07, 6.45) is 4.13. The molecule has 0 bridgehead atoms. The molecule has 3 heterocycles. The van der Waals surface area contributed by atoms with Crippen molar-refractivity contribution in [2.45, 2.75) is 19.3 Å². The molecule has 194 valence electrons. The van der Waals surface area contributed by atoms with Crippen LogP contribution in [0.15, 0.2) is 66.4 Å². The van der Waals surface area contributed by atoms with Crippen molar-refractivity contribution in [2.24, 2.45) is 0 Å². The Bertz CT molecular complexity index is 1570. The molecule has 5 rings (SSSR count). The number of anilines is 1. The zero-order chi connectivity index (χ0) is 27.0. The molecule has 3 aromatic rings. The smallest absolute Gasteiger partial charge is 0.272 e. The number of para-hydroxylation sites is 1. The van der Waals surface area contributed by atoms with Gasteiger partial charge in [0.05, 0.1) is 22.3 Å². The van der Waals surface area contributed by atoms with Gasteiger partial charge in [0.25, 0.3) is 23.3 Å². The van der Waals surface area contributed by atoms with Crippen molar-refractivity contribution in [3.05, 3.63) is 71.9 Å². The lowest BCUT2D eigenvalue weighted by Gasteiger charge is -2.27. The average molecular weight is 514 g/mol. The molecule has 2 aromatic carbocycles. The Labute approximate surface area is 218 Å². The zero-order valence-electron chi connectivity index (χ0n) is 21.0. The second kappa shape index (κ2) is 9.97. The topological polar surface area (TPSA) is 114 Å². The number of likely N-dealkylation sites (N-methyl/N-ethyl adjacent to an activating group) is 1. The van der Waals surface area contributed by atoms with E-state index in [1.54, 1.807) is 30.1 Å². The molecular formula is C28H27N5O5. The van der Waals surface area contributed by atoms with Crippen LogP contribution in [0.2, 0.25) is 0 Å². The fourth-order valence-electron chi connectivity index (χ4n) is 4.68. The maximum Gasteiger partial charge on any atom is 0.272 e. The highest BCUT2D eigenvalue weighted by molar-refractivity contribution is 6.15. The third-order valence-electron chi connectivity index (χ3n) is 6.86. The first-order chi connectivity index (χ1) is 18.3. The molecule has 10 nitrogen and oxygen atoms in total. The van der Waals surface area contributed by atoms with Crippen molar-refractivity contribution in [1.82, 2.24) is 19.8 Å². The van der Waals surface area contributed by atoms with Crippen LogP contribution in [0.1, 0.15) is 19.3 Å². The Morgan fingerprint density at radius 3 is 2.58 bits per heavy atom. The summed E-state index contributed by atoms with van der Waals surface area (Å²) < 4.78 is 6.56. The first kappa shape index (κ1) is 24.9. The number of benzene rings is 2. The fourth-order valence-corrected chi connectivity index (χ4v) is 4.68. The molecule has 0 saturated carbocycles. The third kappa shape index (κ3) is 4.45. The van der Waals surface area contributed by atoms with Crippen molar-refractivity contribution < 1.29 is 19.1 Å². The van der Waals surface area contributed by atoms with Crippen molar-refractivity contribution in [3.63, 3.8) is 0 Å². The molecule has 1 aromatic heterocycles. The number of hydrogen-bond acceptors (Lipinski definition) is 6. The molecular weight excluding hydrogens is 486 g/mol. The highest BCUT2D eigenvalue weighted by Gasteiger charge is 2.24. The van der Waals surface area contributed by atoms with E-state index in [4.69, 9.17) is 4.74 Å². The quantitative estimate of drug-likeness (QED) is 0.525. The number of nitrogens with one attached hydrogen (secondary N) is 1. The molecule has 1 N–H and O–H groups in total. The standard InChI is InChI=1S/C28H27N5O5/c1-17(27(36)32-12-5-4-6-13-32)30-26(35)18(2)33-16-29-25-20(8-7-9-21(25)28(33)37)19-10-11-23-22(14-19)31(3)24(34)15-38-23/h7-11,14,16H,1-2,4-6,12-13,15H2,3H3,(H,30,35). The number of rotatable bonds is 5. The minimum Gasteiger partial charge on any atom is -0.482 e. The average Bonchev–Trinajstić information content (AvgIpc) is 2.94. The van der Waals surface area contributed by atoms with Crippen molar-refractivity contribution in [3.8, 4) is 16.9 Å². The third-order valence-corrected chi connectivity index (χ3v) is 6.86. The van der Waals surface area contributed by atoms with Gasteiger partial charge in [0.15, 0.2) is 6.61 Å². The molecule has 0 aliphatic carbocycles. The highest BCUT2D eigenvalue weighted by Crippen LogP contribution is 2.36. The molecule has 0 radical (unpaired) electrons. The van der Waals surface area contributed by atoms with Gasteiger partial charge in [-0.05, 0) is 43.0 Å². The minimum atomic E-state index is -0.720. The predicted octanol–water partition coefficient (Wildman–Crippen LogP) is 2.53. The van der Waals surface area contributed by atoms with Gasteiger partial charge in [0.2, 0.25) is 0 Å². The van der Waals surface area contributed by atoms with Gasteiger partial charge in [-0.2, -0.15) is 0 Å². The molecule has 0 spiro atoms. The van der Waals surface area contributed by atoms with Gasteiger partial charge in [-0.15, -0.1) is 0 Å². The Kier molecular flexibility index (Phi) is 6.54. The maximum absolute atomic E-state index is 13.4. The zero-order valence-corrected chi connectivity index (χ0v) is 21.0. The summed E-state index contributed by atoms with van der Waals surface area (Å²) in [4.78, 5) is 58.5. The van der Waals surface area contributed by atoms with E-state index in [1.807, 2.05) is 18.2 Å². The molecule has 1 saturated heterocycles. The number of amides is 3. The Hall–Kier alpha value is -4.73. The fraction of sp³-hybridized carbons (Fsp3) is 0.250. The summed E-state index contributed by atoms with van der Waals surface area (Å²) in [6, 6.07) is 10.6. The summed E-state index contributed by atoms with van der Waals surface area (Å²) in [5.74, 6) is -0.635. The van der Waals surface area contributed by atoms with Gasteiger partial charge in [-0.1, -0.05) is 31.4 Å². The molecule has 2 aliphatic rings. The van der Waals surface area contributed by atoms with Gasteiger partial charge in [-0.25, -0.2) is 4.98 Å². The largest absolute Gasteiger partial charge is 0.482 e. The number of nitrogens with zero attached hydrogens (tertiary/aromatic N) is 4. The van der Waals surface area contributed by atoms with E-state index in [1.165, 1.54) is 11.2 Å². The second-order valence-electron chi connectivity index (χ2n) is 9.28. The number of piperidine rings is 1. The summed E-state index contributed by atoms with van der Waals surface area (Å²) in [5, 5.41) is 2.75. The van der Waals surface area contributed by atoms with Crippen LogP contribution in [-0.2, 0) is 14.4 Å². The number of carbonyl (C=O) groups excluding carboxylic acids is 3. The van der Waals surface area contributed by atoms with Gasteiger partial charge < -0.3 is 19.9 Å². The molecule has 1 fully saturated rings. The number of fused-ring (bicyclic) bond motifs is 2. The van der Waals surface area contributed by atoms with Gasteiger partial charge in [0.1, 0.15) is 17.8 Å². The van der Waals surface area contributed by atoms with E-state index < -0.39 is 11.5 Å². The van der Waals surface area contributed by atoms with Crippen LogP contribution >= 0.6 is 0 Å². The van der Waals surface area contributed by atoms with Crippen LogP contribution in [0.4, 0.5) is 5.69 Å². The first-order valence-corrected chi connectivity index (χ1v) is 12.3. The molecule has 3 amide bonds. The summed E-state index contributed by atoms with van der Waals surface area (Å²) in [7, 11) is 1.68. The number of aromatic nitrogens is 2. The highest BCUT2D eigenvalue weighted by atomic mass is 16.5. The van der Waals surface area contributed by atoms with Gasteiger partial charge >= 0.3 is 0 Å². The lowest BCUT2D eigenvalue weighted by atomic mass is 10.0. The number of hydrogen-bond donors (Lipinski definition) is 1. The first-order valence-electron chi connectivity index (χ1n) is 12.3. The summed E-state index contributed by atoms with van der Waals surface area (Å²) >= 11 is 0. The van der Waals surface area contributed by atoms with Gasteiger partial charge in [-0.3, -0.25) is 23.7 Å². The second-order valence-corrected chi connectivity index (χ2v) is 9.28. The molecule has 10 heteroatoms. The van der Waals surface area contributed by atoms with Gasteiger partial charge in [0, 0.05) is 25.7 Å². The van der Waals surface area contributed by atoms with Crippen LogP contribution in [0, 0.1) is 0 Å². The van der Waals surface area contributed by atoms with E-state index in [9.17, 15) is 19.2 Å². The van der Waals surface area contributed by atoms with Crippen LogP contribution in [-0.4, -0.2) is 58.9 Å². The molecule has 38 heavy (non-hydrogen) atoms. The minimum absolute atomic E-state index is 0.0184. The Morgan fingerprint density at radius 2 is 1.82 bits per heavy atom. The monoisotopic (exact) mass is 513 g/mol. The Morgan fingerprint density at radius 1 is 1.05 bits per heavy atom. The van der Waals surface area contributed by atoms with Crippen molar-refractivity contribution in [1.29, 1.82) is 0 Å². The van der Waals surface area contributed by atoms with Crippen LogP contribution in [0.3, 0.4) is 0 Å². The van der Waals surface area contributed by atoms with Crippen LogP contribution in [0.5, 0.6) is 5.75 Å². The predicted molar refractivity (Wildman–Crippen MR) is 143 cm³/mol. The van der Waals surface area contributed by atoms with E-state index in [2.05, 4.69) is 23.5 Å². The lowest BCUT2D eigenvalue weighted by Crippen LogP contribution is -2.41. The van der Waals surface area contributed by atoms with Crippen molar-refractivity contribution >= 4 is 40.0 Å². The number of carbonyl (C=O) groups is 3. The lowest BCUT2D eigenvalue weighted by molar-refractivity contribution is -0.129. The van der Waals surface area contributed by atoms with Crippen LogP contribution in [0.25, 0.3) is 27.7 Å². The molecule has 2 aliphatic heterocycles. The summed E-state index contributed by atoms with van der Waals surface area (Å²) in [5.41, 5.74) is 1.73. The molecule has 0 atom stereocenters. The Balaban J connectivity index is 1.42. The van der Waals surface area contributed by atoms with E-state index in [0.717, 1.165) is 29.4 Å². The number of likely N-dealkylation sites (tertiary alicyclic amines) is 1. The van der Waals surface area contributed by atoms with E-state index >= 15 is 0 Å².